The summed E-state index contributed by atoms with van der Waals surface area (Å²) in [5, 5.41) is 9.48. The fourth-order valence-electron chi connectivity index (χ4n) is 1.03. The molecule has 0 heterocycles. The van der Waals surface area contributed by atoms with E-state index in [2.05, 4.69) is 16.6 Å². The van der Waals surface area contributed by atoms with Gasteiger partial charge < -0.3 is 9.84 Å². The van der Waals surface area contributed by atoms with Gasteiger partial charge in [0.1, 0.15) is 0 Å². The Kier molecular flexibility index (Phi) is 7.75. The molecule has 86 valence electrons. The Morgan fingerprint density at radius 2 is 2.13 bits per heavy atom. The molecule has 0 fully saturated rings. The van der Waals surface area contributed by atoms with Gasteiger partial charge in [0, 0.05) is 12.3 Å². The molecule has 1 unspecified atom stereocenters. The van der Waals surface area contributed by atoms with Crippen LogP contribution in [0.4, 0.5) is 0 Å². The quantitative estimate of drug-likeness (QED) is 0.327. The number of unbranched alkanes of at least 4 members (excludes halogenated alkanes) is 1. The van der Waals surface area contributed by atoms with Crippen LogP contribution in [-0.2, 0) is 9.53 Å². The minimum Gasteiger partial charge on any atom is -0.456 e. The topological polar surface area (TPSA) is 46.5 Å². The molecule has 1 N–H and O–H groups in total. The first kappa shape index (κ1) is 14.0. The normalized spacial score (nSPS) is 11.8. The Hall–Kier alpha value is -1.01. The summed E-state index contributed by atoms with van der Waals surface area (Å²) in [6, 6.07) is 0. The van der Waals surface area contributed by atoms with Crippen LogP contribution in [0.15, 0.2) is 0 Å². The van der Waals surface area contributed by atoms with Crippen LogP contribution in [0.5, 0.6) is 0 Å². The second-order valence-corrected chi connectivity index (χ2v) is 3.73. The number of aliphatic hydroxyl groups excluding tert-OH is 1. The number of ether oxygens (including phenoxy) is 1. The van der Waals surface area contributed by atoms with Gasteiger partial charge in [-0.2, -0.15) is 0 Å². The molecule has 0 aromatic carbocycles. The Morgan fingerprint density at radius 1 is 1.47 bits per heavy atom. The molecule has 0 saturated carbocycles. The number of carbonyl (C=O) groups is 1. The second kappa shape index (κ2) is 8.31. The molecule has 0 aliphatic heterocycles. The van der Waals surface area contributed by atoms with E-state index in [1.54, 1.807) is 6.92 Å². The first-order chi connectivity index (χ1) is 7.07. The van der Waals surface area contributed by atoms with Crippen LogP contribution in [-0.4, -0.2) is 23.8 Å². The van der Waals surface area contributed by atoms with Gasteiger partial charge in [0.25, 0.3) is 0 Å². The molecule has 0 bridgehead atoms. The average Bonchev–Trinajstić information content (AvgIpc) is 2.17. The number of hydrogen-bond acceptors (Lipinski definition) is 3. The van der Waals surface area contributed by atoms with E-state index < -0.39 is 5.97 Å². The zero-order valence-corrected chi connectivity index (χ0v) is 9.75. The lowest BCUT2D eigenvalue weighted by atomic mass is 10.0. The van der Waals surface area contributed by atoms with E-state index in [0.717, 1.165) is 12.8 Å². The molecule has 0 aliphatic rings. The maximum Gasteiger partial charge on any atom is 0.384 e. The molecular weight excluding hydrogens is 192 g/mol. The molecular formula is C12H20O3. The summed E-state index contributed by atoms with van der Waals surface area (Å²) in [6.45, 7) is 6.07. The van der Waals surface area contributed by atoms with Crippen LogP contribution in [0.2, 0.25) is 0 Å². The predicted molar refractivity (Wildman–Crippen MR) is 59.1 cm³/mol. The molecule has 15 heavy (non-hydrogen) atoms. The van der Waals surface area contributed by atoms with E-state index in [0.29, 0.717) is 13.0 Å². The van der Waals surface area contributed by atoms with E-state index in [9.17, 15) is 9.90 Å². The lowest BCUT2D eigenvalue weighted by Crippen LogP contribution is -2.13. The van der Waals surface area contributed by atoms with Crippen molar-refractivity contribution in [3.63, 3.8) is 0 Å². The summed E-state index contributed by atoms with van der Waals surface area (Å²) in [7, 11) is 0. The summed E-state index contributed by atoms with van der Waals surface area (Å²) >= 11 is 0. The van der Waals surface area contributed by atoms with Gasteiger partial charge in [0.2, 0.25) is 0 Å². The molecule has 0 rings (SSSR count). The number of aliphatic hydroxyl groups is 1. The van der Waals surface area contributed by atoms with Gasteiger partial charge in [-0.25, -0.2) is 4.79 Å². The molecule has 0 aliphatic carbocycles. The highest BCUT2D eigenvalue weighted by Crippen LogP contribution is 2.08. The Labute approximate surface area is 91.8 Å². The third-order valence-corrected chi connectivity index (χ3v) is 2.04. The van der Waals surface area contributed by atoms with Crippen molar-refractivity contribution < 1.29 is 14.6 Å². The van der Waals surface area contributed by atoms with Crippen LogP contribution < -0.4 is 0 Å². The minimum absolute atomic E-state index is 0.269. The van der Waals surface area contributed by atoms with Gasteiger partial charge in [-0.1, -0.05) is 19.8 Å². The highest BCUT2D eigenvalue weighted by atomic mass is 16.5. The summed E-state index contributed by atoms with van der Waals surface area (Å²) in [5.41, 5.74) is 0. The zero-order valence-electron chi connectivity index (χ0n) is 9.75. The van der Waals surface area contributed by atoms with Crippen molar-refractivity contribution in [3.05, 3.63) is 0 Å². The van der Waals surface area contributed by atoms with Crippen molar-refractivity contribution in [2.75, 3.05) is 6.61 Å². The number of carbonyl (C=O) groups excluding carboxylic acids is 1. The monoisotopic (exact) mass is 212 g/mol. The second-order valence-electron chi connectivity index (χ2n) is 3.73. The van der Waals surface area contributed by atoms with Crippen LogP contribution in [0.3, 0.4) is 0 Å². The maximum absolute atomic E-state index is 10.8. The van der Waals surface area contributed by atoms with Crippen molar-refractivity contribution in [3.8, 4) is 11.8 Å². The van der Waals surface area contributed by atoms with Gasteiger partial charge in [-0.05, 0) is 25.7 Å². The average molecular weight is 212 g/mol. The Balaban J connectivity index is 3.57. The van der Waals surface area contributed by atoms with E-state index in [-0.39, 0.29) is 12.0 Å². The van der Waals surface area contributed by atoms with Crippen LogP contribution in [0.1, 0.15) is 40.0 Å². The maximum atomic E-state index is 10.8. The molecule has 3 nitrogen and oxygen atoms in total. The minimum atomic E-state index is -0.470. The largest absolute Gasteiger partial charge is 0.456 e. The SMILES string of the molecule is CCOC(=O)C#CCCCC(O)C(C)C. The summed E-state index contributed by atoms with van der Waals surface area (Å²) in [5.74, 6) is 4.93. The molecule has 0 amide bonds. The van der Waals surface area contributed by atoms with Crippen LogP contribution in [0.25, 0.3) is 0 Å². The Morgan fingerprint density at radius 3 is 2.67 bits per heavy atom. The van der Waals surface area contributed by atoms with E-state index in [4.69, 9.17) is 0 Å². The fraction of sp³-hybridized carbons (Fsp3) is 0.750. The fourth-order valence-corrected chi connectivity index (χ4v) is 1.03. The lowest BCUT2D eigenvalue weighted by molar-refractivity contribution is -0.136. The standard InChI is InChI=1S/C12H20O3/c1-4-15-12(14)9-7-5-6-8-11(13)10(2)3/h10-11,13H,4-6,8H2,1-3H3. The molecule has 0 saturated heterocycles. The van der Waals surface area contributed by atoms with Crippen LogP contribution in [0, 0.1) is 17.8 Å². The number of esters is 1. The predicted octanol–water partition coefficient (Wildman–Crippen LogP) is 1.74. The van der Waals surface area contributed by atoms with Crippen molar-refractivity contribution in [2.45, 2.75) is 46.1 Å². The third kappa shape index (κ3) is 8.02. The zero-order chi connectivity index (χ0) is 11.7. The molecule has 0 aromatic rings. The van der Waals surface area contributed by atoms with Gasteiger partial charge in [0.15, 0.2) is 0 Å². The number of hydrogen-bond donors (Lipinski definition) is 1. The molecule has 0 radical (unpaired) electrons. The highest BCUT2D eigenvalue weighted by molar-refractivity contribution is 5.88. The number of rotatable bonds is 5. The smallest absolute Gasteiger partial charge is 0.384 e. The summed E-state index contributed by atoms with van der Waals surface area (Å²) in [4.78, 5) is 10.8. The van der Waals surface area contributed by atoms with Crippen molar-refractivity contribution in [1.29, 1.82) is 0 Å². The summed E-state index contributed by atoms with van der Waals surface area (Å²) in [6.07, 6.45) is 1.90. The van der Waals surface area contributed by atoms with Gasteiger partial charge in [0.05, 0.1) is 12.7 Å². The van der Waals surface area contributed by atoms with Crippen LogP contribution >= 0.6 is 0 Å². The highest BCUT2D eigenvalue weighted by Gasteiger charge is 2.07. The first-order valence-corrected chi connectivity index (χ1v) is 5.41. The van der Waals surface area contributed by atoms with Gasteiger partial charge in [-0.15, -0.1) is 0 Å². The van der Waals surface area contributed by atoms with Crippen molar-refractivity contribution in [2.24, 2.45) is 5.92 Å². The van der Waals surface area contributed by atoms with E-state index in [1.165, 1.54) is 0 Å². The molecule has 1 atom stereocenters. The van der Waals surface area contributed by atoms with Gasteiger partial charge >= 0.3 is 5.97 Å². The van der Waals surface area contributed by atoms with Gasteiger partial charge in [-0.3, -0.25) is 0 Å². The third-order valence-electron chi connectivity index (χ3n) is 2.04. The van der Waals surface area contributed by atoms with E-state index in [1.807, 2.05) is 13.8 Å². The van der Waals surface area contributed by atoms with Crippen molar-refractivity contribution >= 4 is 5.97 Å². The first-order valence-electron chi connectivity index (χ1n) is 5.41. The molecule has 0 spiro atoms. The molecule has 3 heteroatoms. The lowest BCUT2D eigenvalue weighted by Gasteiger charge is -2.12. The van der Waals surface area contributed by atoms with Crippen molar-refractivity contribution in [1.82, 2.24) is 0 Å². The molecule has 0 aromatic heterocycles. The Bertz CT molecular complexity index is 235. The van der Waals surface area contributed by atoms with E-state index >= 15 is 0 Å². The summed E-state index contributed by atoms with van der Waals surface area (Å²) < 4.78 is 4.65.